The molecule has 3 rings (SSSR count). The molecule has 22 heavy (non-hydrogen) atoms. The maximum Gasteiger partial charge on any atom is 0.214 e. The summed E-state index contributed by atoms with van der Waals surface area (Å²) >= 11 is 0. The third-order valence-electron chi connectivity index (χ3n) is 4.58. The van der Waals surface area contributed by atoms with Gasteiger partial charge in [-0.2, -0.15) is 0 Å². The molecule has 1 atom stereocenters. The Bertz CT molecular complexity index is 570. The number of nitrogens with one attached hydrogen (secondary N) is 1. The van der Waals surface area contributed by atoms with Crippen molar-refractivity contribution in [3.63, 3.8) is 0 Å². The molecule has 0 aromatic heterocycles. The lowest BCUT2D eigenvalue weighted by atomic mass is 10.1. The molecule has 1 heterocycles. The third kappa shape index (κ3) is 4.54. The lowest BCUT2D eigenvalue weighted by Crippen LogP contribution is -2.48. The fourth-order valence-electron chi connectivity index (χ4n) is 3.21. The first kappa shape index (κ1) is 16.0. The highest BCUT2D eigenvalue weighted by Gasteiger charge is 2.37. The first-order chi connectivity index (χ1) is 10.6. The maximum atomic E-state index is 12.0. The average molecular weight is 322 g/mol. The van der Waals surface area contributed by atoms with E-state index in [1.54, 1.807) is 0 Å². The number of hydrogen-bond acceptors (Lipinski definition) is 3. The van der Waals surface area contributed by atoms with Gasteiger partial charge in [-0.25, -0.2) is 13.1 Å². The molecular formula is C17H26N2O2S. The Morgan fingerprint density at radius 1 is 1.14 bits per heavy atom. The Hall–Kier alpha value is -0.910. The zero-order valence-electron chi connectivity index (χ0n) is 13.1. The summed E-state index contributed by atoms with van der Waals surface area (Å²) < 4.78 is 27.0. The predicted octanol–water partition coefficient (Wildman–Crippen LogP) is 2.17. The van der Waals surface area contributed by atoms with Gasteiger partial charge in [-0.05, 0) is 57.2 Å². The Kier molecular flexibility index (Phi) is 5.16. The van der Waals surface area contributed by atoms with Gasteiger partial charge < -0.3 is 4.90 Å². The van der Waals surface area contributed by atoms with E-state index in [9.17, 15) is 8.42 Å². The van der Waals surface area contributed by atoms with Crippen molar-refractivity contribution in [2.24, 2.45) is 0 Å². The number of rotatable bonds is 7. The van der Waals surface area contributed by atoms with Crippen molar-refractivity contribution >= 4 is 10.0 Å². The van der Waals surface area contributed by atoms with Gasteiger partial charge in [0.25, 0.3) is 0 Å². The summed E-state index contributed by atoms with van der Waals surface area (Å²) in [5, 5.41) is -0.110. The van der Waals surface area contributed by atoms with E-state index in [-0.39, 0.29) is 11.3 Å². The highest BCUT2D eigenvalue weighted by atomic mass is 32.2. The van der Waals surface area contributed by atoms with Crippen molar-refractivity contribution in [2.75, 3.05) is 19.6 Å². The van der Waals surface area contributed by atoms with Crippen LogP contribution in [0.25, 0.3) is 0 Å². The molecule has 1 unspecified atom stereocenters. The normalized spacial score (nSPS) is 23.5. The van der Waals surface area contributed by atoms with Crippen LogP contribution in [-0.2, 0) is 16.4 Å². The molecular weight excluding hydrogens is 296 g/mol. The molecule has 0 bridgehead atoms. The van der Waals surface area contributed by atoms with E-state index in [1.165, 1.54) is 5.56 Å². The number of piperidine rings is 1. The molecule has 4 nitrogen and oxygen atoms in total. The van der Waals surface area contributed by atoms with Crippen molar-refractivity contribution in [1.82, 2.24) is 9.62 Å². The molecule has 1 aliphatic heterocycles. The zero-order chi connectivity index (χ0) is 15.4. The monoisotopic (exact) mass is 322 g/mol. The molecule has 0 spiro atoms. The number of benzene rings is 1. The Balaban J connectivity index is 1.42. The molecule has 1 aromatic rings. The van der Waals surface area contributed by atoms with Crippen LogP contribution in [0, 0.1) is 0 Å². The van der Waals surface area contributed by atoms with Crippen molar-refractivity contribution in [1.29, 1.82) is 0 Å². The van der Waals surface area contributed by atoms with Crippen LogP contribution >= 0.6 is 0 Å². The van der Waals surface area contributed by atoms with Gasteiger partial charge in [-0.15, -0.1) is 0 Å². The van der Waals surface area contributed by atoms with Gasteiger partial charge in [0.15, 0.2) is 0 Å². The average Bonchev–Trinajstić information content (AvgIpc) is 3.33. The summed E-state index contributed by atoms with van der Waals surface area (Å²) in [5.41, 5.74) is 1.38. The highest BCUT2D eigenvalue weighted by molar-refractivity contribution is 7.90. The quantitative estimate of drug-likeness (QED) is 0.837. The number of aryl methyl sites for hydroxylation is 1. The van der Waals surface area contributed by atoms with E-state index < -0.39 is 10.0 Å². The first-order valence-corrected chi connectivity index (χ1v) is 9.95. The standard InChI is InChI=1S/C17H26N2O2S/c20-22(21,17-10-11-17)18-16-9-5-13-19(14-16)12-4-8-15-6-2-1-3-7-15/h1-3,6-7,16-18H,4-5,8-14H2. The smallest absolute Gasteiger partial charge is 0.214 e. The van der Waals surface area contributed by atoms with Crippen molar-refractivity contribution < 1.29 is 8.42 Å². The molecule has 1 saturated heterocycles. The van der Waals surface area contributed by atoms with Crippen molar-refractivity contribution in [3.05, 3.63) is 35.9 Å². The first-order valence-electron chi connectivity index (χ1n) is 8.41. The van der Waals surface area contributed by atoms with Crippen molar-refractivity contribution in [3.8, 4) is 0 Å². The summed E-state index contributed by atoms with van der Waals surface area (Å²) in [6.45, 7) is 3.01. The van der Waals surface area contributed by atoms with E-state index in [2.05, 4.69) is 33.9 Å². The topological polar surface area (TPSA) is 49.4 Å². The molecule has 122 valence electrons. The minimum atomic E-state index is -3.05. The van der Waals surface area contributed by atoms with Gasteiger partial charge in [-0.1, -0.05) is 30.3 Å². The van der Waals surface area contributed by atoms with Crippen LogP contribution in [0.3, 0.4) is 0 Å². The van der Waals surface area contributed by atoms with Crippen LogP contribution in [0.15, 0.2) is 30.3 Å². The molecule has 1 aromatic carbocycles. The number of sulfonamides is 1. The summed E-state index contributed by atoms with van der Waals surface area (Å²) in [6.07, 6.45) is 5.96. The Labute approximate surface area is 134 Å². The molecule has 5 heteroatoms. The van der Waals surface area contributed by atoms with Gasteiger partial charge in [0.2, 0.25) is 10.0 Å². The molecule has 1 saturated carbocycles. The third-order valence-corrected chi connectivity index (χ3v) is 6.59. The lowest BCUT2D eigenvalue weighted by Gasteiger charge is -2.33. The van der Waals surface area contributed by atoms with Crippen LogP contribution in [0.1, 0.15) is 37.7 Å². The number of hydrogen-bond donors (Lipinski definition) is 1. The van der Waals surface area contributed by atoms with Crippen LogP contribution in [0.5, 0.6) is 0 Å². The second-order valence-electron chi connectivity index (χ2n) is 6.59. The van der Waals surface area contributed by atoms with Gasteiger partial charge in [0.1, 0.15) is 0 Å². The van der Waals surface area contributed by atoms with E-state index in [4.69, 9.17) is 0 Å². The van der Waals surface area contributed by atoms with Crippen LogP contribution < -0.4 is 4.72 Å². The Morgan fingerprint density at radius 2 is 1.91 bits per heavy atom. The SMILES string of the molecule is O=S(=O)(NC1CCCN(CCCc2ccccc2)C1)C1CC1. The summed E-state index contributed by atoms with van der Waals surface area (Å²) in [5.74, 6) is 0. The second kappa shape index (κ2) is 7.11. The molecule has 1 N–H and O–H groups in total. The zero-order valence-corrected chi connectivity index (χ0v) is 13.9. The van der Waals surface area contributed by atoms with Gasteiger partial charge in [0, 0.05) is 12.6 Å². The molecule has 0 amide bonds. The number of likely N-dealkylation sites (tertiary alicyclic amines) is 1. The number of nitrogens with zero attached hydrogens (tertiary/aromatic N) is 1. The van der Waals surface area contributed by atoms with E-state index in [0.29, 0.717) is 0 Å². The highest BCUT2D eigenvalue weighted by Crippen LogP contribution is 2.28. The van der Waals surface area contributed by atoms with E-state index >= 15 is 0 Å². The fraction of sp³-hybridized carbons (Fsp3) is 0.647. The lowest BCUT2D eigenvalue weighted by molar-refractivity contribution is 0.200. The summed E-state index contributed by atoms with van der Waals surface area (Å²) in [7, 11) is -3.05. The largest absolute Gasteiger partial charge is 0.302 e. The fourth-order valence-corrected chi connectivity index (χ4v) is 4.82. The Morgan fingerprint density at radius 3 is 2.64 bits per heavy atom. The van der Waals surface area contributed by atoms with Gasteiger partial charge in [0.05, 0.1) is 5.25 Å². The molecule has 2 aliphatic rings. The summed E-state index contributed by atoms with van der Waals surface area (Å²) in [6, 6.07) is 10.7. The molecule has 2 fully saturated rings. The van der Waals surface area contributed by atoms with Crippen LogP contribution in [0.4, 0.5) is 0 Å². The van der Waals surface area contributed by atoms with E-state index in [1.807, 2.05) is 6.07 Å². The van der Waals surface area contributed by atoms with E-state index in [0.717, 1.165) is 58.2 Å². The van der Waals surface area contributed by atoms with Gasteiger partial charge >= 0.3 is 0 Å². The minimum Gasteiger partial charge on any atom is -0.302 e. The minimum absolute atomic E-state index is 0.107. The van der Waals surface area contributed by atoms with Gasteiger partial charge in [-0.3, -0.25) is 0 Å². The molecule has 1 aliphatic carbocycles. The van der Waals surface area contributed by atoms with Crippen molar-refractivity contribution in [2.45, 2.75) is 49.8 Å². The predicted molar refractivity (Wildman–Crippen MR) is 89.3 cm³/mol. The summed E-state index contributed by atoms with van der Waals surface area (Å²) in [4.78, 5) is 2.41. The van der Waals surface area contributed by atoms with Crippen LogP contribution in [-0.4, -0.2) is 44.2 Å². The second-order valence-corrected chi connectivity index (χ2v) is 8.58. The molecule has 0 radical (unpaired) electrons. The van der Waals surface area contributed by atoms with Crippen LogP contribution in [0.2, 0.25) is 0 Å². The maximum absolute atomic E-state index is 12.0.